The third kappa shape index (κ3) is 2.00. The Labute approximate surface area is 172 Å². The molecular formula is C29H24. The number of hydrogen-bond acceptors (Lipinski definition) is 0. The van der Waals surface area contributed by atoms with Crippen LogP contribution in [0.1, 0.15) is 33.7 Å². The second-order valence-electron chi connectivity index (χ2n) is 9.32. The maximum Gasteiger partial charge on any atom is 0.0103 e. The minimum absolute atomic E-state index is 0.286. The molecule has 0 spiro atoms. The van der Waals surface area contributed by atoms with E-state index in [-0.39, 0.29) is 5.41 Å². The van der Waals surface area contributed by atoms with Gasteiger partial charge in [0.05, 0.1) is 0 Å². The van der Waals surface area contributed by atoms with Gasteiger partial charge in [0, 0.05) is 5.41 Å². The van der Waals surface area contributed by atoms with Gasteiger partial charge in [-0.25, -0.2) is 0 Å². The Bertz CT molecular complexity index is 1250. The molecule has 0 aromatic heterocycles. The summed E-state index contributed by atoms with van der Waals surface area (Å²) < 4.78 is 0. The first-order chi connectivity index (χ1) is 14.4. The van der Waals surface area contributed by atoms with Crippen molar-refractivity contribution in [1.29, 1.82) is 0 Å². The van der Waals surface area contributed by atoms with Crippen molar-refractivity contribution in [3.05, 3.63) is 119 Å². The van der Waals surface area contributed by atoms with Gasteiger partial charge in [0.1, 0.15) is 0 Å². The van der Waals surface area contributed by atoms with Crippen LogP contribution in [0.25, 0.3) is 10.8 Å². The molecule has 0 heteroatoms. The van der Waals surface area contributed by atoms with Crippen molar-refractivity contribution < 1.29 is 0 Å². The van der Waals surface area contributed by atoms with E-state index in [2.05, 4.69) is 91.0 Å². The van der Waals surface area contributed by atoms with Gasteiger partial charge in [-0.1, -0.05) is 91.0 Å². The second kappa shape index (κ2) is 5.60. The molecule has 140 valence electrons. The van der Waals surface area contributed by atoms with E-state index in [1.54, 1.807) is 27.8 Å². The number of rotatable bonds is 1. The largest absolute Gasteiger partial charge is 0.0620 e. The zero-order valence-electron chi connectivity index (χ0n) is 16.5. The summed E-state index contributed by atoms with van der Waals surface area (Å²) in [5, 5.41) is 2.86. The Morgan fingerprint density at radius 2 is 1.24 bits per heavy atom. The molecule has 0 bridgehead atoms. The molecule has 1 fully saturated rings. The van der Waals surface area contributed by atoms with Gasteiger partial charge in [0.15, 0.2) is 0 Å². The predicted molar refractivity (Wildman–Crippen MR) is 119 cm³/mol. The molecule has 1 saturated carbocycles. The van der Waals surface area contributed by atoms with E-state index in [0.717, 1.165) is 0 Å². The van der Waals surface area contributed by atoms with E-state index in [9.17, 15) is 0 Å². The van der Waals surface area contributed by atoms with Crippen LogP contribution in [0.2, 0.25) is 0 Å². The Balaban J connectivity index is 1.51. The first kappa shape index (κ1) is 16.0. The molecule has 4 aromatic carbocycles. The van der Waals surface area contributed by atoms with E-state index in [1.165, 1.54) is 30.0 Å². The lowest BCUT2D eigenvalue weighted by Gasteiger charge is -2.35. The highest BCUT2D eigenvalue weighted by molar-refractivity contribution is 5.88. The molecule has 0 aliphatic heterocycles. The zero-order valence-corrected chi connectivity index (χ0v) is 16.5. The fourth-order valence-electron chi connectivity index (χ4n) is 7.15. The molecule has 0 unspecified atom stereocenters. The Kier molecular flexibility index (Phi) is 3.09. The van der Waals surface area contributed by atoms with Crippen molar-refractivity contribution in [2.45, 2.75) is 30.6 Å². The lowest BCUT2D eigenvalue weighted by atomic mass is 9.68. The van der Waals surface area contributed by atoms with Crippen molar-refractivity contribution in [2.75, 3.05) is 0 Å². The van der Waals surface area contributed by atoms with Crippen molar-refractivity contribution in [3.8, 4) is 0 Å². The van der Waals surface area contributed by atoms with Gasteiger partial charge >= 0.3 is 0 Å². The Hall–Kier alpha value is -2.86. The number of fused-ring (bicyclic) bond motifs is 5. The highest BCUT2D eigenvalue weighted by Crippen LogP contribution is 2.75. The van der Waals surface area contributed by atoms with Crippen molar-refractivity contribution >= 4 is 10.8 Å². The predicted octanol–water partition coefficient (Wildman–Crippen LogP) is 6.46. The van der Waals surface area contributed by atoms with Gasteiger partial charge in [-0.2, -0.15) is 0 Å². The normalized spacial score (nSPS) is 28.8. The standard InChI is InChI=1S/C29H24/c1-2-10-21-18-27-28-25-14-6-4-11-22(25)17-23(16-20(21)9-1)29(27,28)26-15-7-12-19-8-3-5-13-24(19)26/h1-15,23,27-28H,16-18H2/t23-,27+,28-,29-/m1/s1. The van der Waals surface area contributed by atoms with E-state index in [1.807, 2.05) is 0 Å². The van der Waals surface area contributed by atoms with E-state index in [4.69, 9.17) is 0 Å². The monoisotopic (exact) mass is 372 g/mol. The molecule has 0 amide bonds. The van der Waals surface area contributed by atoms with Crippen LogP contribution in [0.4, 0.5) is 0 Å². The number of benzene rings is 4. The van der Waals surface area contributed by atoms with E-state index < -0.39 is 0 Å². The lowest BCUT2D eigenvalue weighted by molar-refractivity contribution is 0.362. The highest BCUT2D eigenvalue weighted by atomic mass is 14.7. The minimum atomic E-state index is 0.286. The van der Waals surface area contributed by atoms with E-state index >= 15 is 0 Å². The minimum Gasteiger partial charge on any atom is -0.0620 e. The first-order valence-electron chi connectivity index (χ1n) is 11.0. The van der Waals surface area contributed by atoms with Gasteiger partial charge in [-0.05, 0) is 75.6 Å². The summed E-state index contributed by atoms with van der Waals surface area (Å²) in [6.07, 6.45) is 3.64. The summed E-state index contributed by atoms with van der Waals surface area (Å²) in [6.45, 7) is 0. The quantitative estimate of drug-likeness (QED) is 0.359. The fraction of sp³-hybridized carbons (Fsp3) is 0.241. The van der Waals surface area contributed by atoms with Crippen LogP contribution in [0.5, 0.6) is 0 Å². The first-order valence-corrected chi connectivity index (χ1v) is 11.0. The molecule has 0 N–H and O–H groups in total. The van der Waals surface area contributed by atoms with Crippen LogP contribution in [0.3, 0.4) is 0 Å². The van der Waals surface area contributed by atoms with Gasteiger partial charge in [0.2, 0.25) is 0 Å². The third-order valence-corrected chi connectivity index (χ3v) is 8.23. The molecule has 3 aliphatic rings. The van der Waals surface area contributed by atoms with E-state index in [0.29, 0.717) is 17.8 Å². The maximum absolute atomic E-state index is 2.45. The summed E-state index contributed by atoms with van der Waals surface area (Å²) in [4.78, 5) is 0. The van der Waals surface area contributed by atoms with Crippen LogP contribution < -0.4 is 0 Å². The molecule has 7 rings (SSSR count). The average molecular weight is 373 g/mol. The molecule has 0 radical (unpaired) electrons. The smallest absolute Gasteiger partial charge is 0.0103 e. The SMILES string of the molecule is c1ccc2c(c1)C[C@@H]1Cc3ccccc3[C@@H]3[C@H](C2)[C@]13c1cccc2ccccc12. The zero-order chi connectivity index (χ0) is 19.0. The third-order valence-electron chi connectivity index (χ3n) is 8.23. The summed E-state index contributed by atoms with van der Waals surface area (Å²) in [7, 11) is 0. The lowest BCUT2D eigenvalue weighted by Crippen LogP contribution is -2.31. The molecule has 0 saturated heterocycles. The van der Waals surface area contributed by atoms with Crippen molar-refractivity contribution in [1.82, 2.24) is 0 Å². The molecule has 3 aliphatic carbocycles. The second-order valence-corrected chi connectivity index (χ2v) is 9.32. The van der Waals surface area contributed by atoms with Gasteiger partial charge in [-0.3, -0.25) is 0 Å². The average Bonchev–Trinajstić information content (AvgIpc) is 3.47. The fourth-order valence-corrected chi connectivity index (χ4v) is 7.15. The molecule has 0 heterocycles. The van der Waals surface area contributed by atoms with Crippen LogP contribution >= 0.6 is 0 Å². The maximum atomic E-state index is 2.45. The molecule has 4 aromatic rings. The van der Waals surface area contributed by atoms with Crippen LogP contribution in [-0.2, 0) is 24.7 Å². The van der Waals surface area contributed by atoms with Crippen LogP contribution in [0.15, 0.2) is 91.0 Å². The Morgan fingerprint density at radius 1 is 0.586 bits per heavy atom. The van der Waals surface area contributed by atoms with Crippen LogP contribution in [-0.4, -0.2) is 0 Å². The molecule has 29 heavy (non-hydrogen) atoms. The van der Waals surface area contributed by atoms with Crippen LogP contribution in [0, 0.1) is 11.8 Å². The van der Waals surface area contributed by atoms with Gasteiger partial charge in [-0.15, -0.1) is 0 Å². The topological polar surface area (TPSA) is 0 Å². The van der Waals surface area contributed by atoms with Crippen molar-refractivity contribution in [2.24, 2.45) is 11.8 Å². The van der Waals surface area contributed by atoms with Gasteiger partial charge in [0.25, 0.3) is 0 Å². The van der Waals surface area contributed by atoms with Gasteiger partial charge < -0.3 is 0 Å². The molecular weight excluding hydrogens is 348 g/mol. The summed E-state index contributed by atoms with van der Waals surface area (Å²) >= 11 is 0. The molecule has 0 nitrogen and oxygen atoms in total. The summed E-state index contributed by atoms with van der Waals surface area (Å²) in [6, 6.07) is 34.6. The number of hydrogen-bond donors (Lipinski definition) is 0. The molecule has 4 atom stereocenters. The summed E-state index contributed by atoms with van der Waals surface area (Å²) in [5.74, 6) is 2.06. The highest BCUT2D eigenvalue weighted by Gasteiger charge is 2.71. The Morgan fingerprint density at radius 3 is 2.14 bits per heavy atom. The van der Waals surface area contributed by atoms with Crippen molar-refractivity contribution in [3.63, 3.8) is 0 Å². The summed E-state index contributed by atoms with van der Waals surface area (Å²) in [5.41, 5.74) is 8.29.